The van der Waals surface area contributed by atoms with Gasteiger partial charge in [-0.2, -0.15) is 0 Å². The summed E-state index contributed by atoms with van der Waals surface area (Å²) in [6.45, 7) is 0. The van der Waals surface area contributed by atoms with E-state index in [-0.39, 0.29) is 0 Å². The minimum Gasteiger partial charge on any atom is -0.456 e. The van der Waals surface area contributed by atoms with Crippen molar-refractivity contribution in [1.82, 2.24) is 9.13 Å². The largest absolute Gasteiger partial charge is 0.456 e. The summed E-state index contributed by atoms with van der Waals surface area (Å²) in [5.74, 6) is 0. The molecule has 10 aromatic rings. The molecule has 0 aliphatic heterocycles. The molecule has 10 rings (SSSR count). The van der Waals surface area contributed by atoms with Crippen molar-refractivity contribution in [3.05, 3.63) is 158 Å². The monoisotopic (exact) mass is 574 g/mol. The third-order valence-corrected chi connectivity index (χ3v) is 9.31. The number of benzene rings is 7. The number of rotatable bonds is 3. The molecule has 0 atom stereocenters. The summed E-state index contributed by atoms with van der Waals surface area (Å²) in [7, 11) is 0. The van der Waals surface area contributed by atoms with E-state index in [2.05, 4.69) is 155 Å². The molecule has 0 saturated carbocycles. The fourth-order valence-electron chi connectivity index (χ4n) is 7.39. The second-order valence-corrected chi connectivity index (χ2v) is 11.8. The molecule has 0 spiro atoms. The zero-order valence-electron chi connectivity index (χ0n) is 24.3. The Balaban J connectivity index is 1.23. The quantitative estimate of drug-likeness (QED) is 0.206. The Morgan fingerprint density at radius 2 is 1.00 bits per heavy atom. The van der Waals surface area contributed by atoms with Gasteiger partial charge >= 0.3 is 0 Å². The van der Waals surface area contributed by atoms with Crippen molar-refractivity contribution in [2.75, 3.05) is 0 Å². The average Bonchev–Trinajstić information content (AvgIpc) is 3.76. The zero-order chi connectivity index (χ0) is 29.5. The fraction of sp³-hybridized carbons (Fsp3) is 0. The van der Waals surface area contributed by atoms with Gasteiger partial charge in [-0.3, -0.25) is 0 Å². The molecule has 0 radical (unpaired) electrons. The van der Waals surface area contributed by atoms with Crippen molar-refractivity contribution < 1.29 is 4.42 Å². The third-order valence-electron chi connectivity index (χ3n) is 9.31. The number of hydrogen-bond acceptors (Lipinski definition) is 1. The van der Waals surface area contributed by atoms with Crippen molar-refractivity contribution in [2.45, 2.75) is 0 Å². The smallest absolute Gasteiger partial charge is 0.135 e. The number of aromatic nitrogens is 2. The van der Waals surface area contributed by atoms with E-state index in [1.807, 2.05) is 12.1 Å². The van der Waals surface area contributed by atoms with E-state index in [0.29, 0.717) is 0 Å². The highest BCUT2D eigenvalue weighted by Gasteiger charge is 2.18. The van der Waals surface area contributed by atoms with E-state index >= 15 is 0 Å². The summed E-state index contributed by atoms with van der Waals surface area (Å²) in [6.07, 6.45) is 0. The highest BCUT2D eigenvalue weighted by atomic mass is 16.3. The van der Waals surface area contributed by atoms with Crippen molar-refractivity contribution in [3.8, 4) is 22.5 Å². The molecule has 0 saturated heterocycles. The second kappa shape index (κ2) is 9.22. The second-order valence-electron chi connectivity index (χ2n) is 11.8. The predicted octanol–water partition coefficient (Wildman–Crippen LogP) is 11.4. The van der Waals surface area contributed by atoms with E-state index < -0.39 is 0 Å². The van der Waals surface area contributed by atoms with Gasteiger partial charge in [-0.25, -0.2) is 0 Å². The standard InChI is InChI=1S/C42H26N2O/c1-2-11-28(12-3-1)43-37-18-8-5-15-33(37)42-30(16-10-19-39(42)43)27-21-23-38-34(25-27)31-13-4-7-17-36(31)44(38)29-22-24-41-35(26-29)32-14-6-9-20-40(32)45-41/h1-26H. The molecule has 0 fully saturated rings. The van der Waals surface area contributed by atoms with Crippen LogP contribution < -0.4 is 0 Å². The highest BCUT2D eigenvalue weighted by molar-refractivity contribution is 6.17. The van der Waals surface area contributed by atoms with Crippen LogP contribution in [0.3, 0.4) is 0 Å². The van der Waals surface area contributed by atoms with Gasteiger partial charge in [0.1, 0.15) is 11.2 Å². The molecule has 3 heterocycles. The van der Waals surface area contributed by atoms with Crippen LogP contribution in [-0.2, 0) is 0 Å². The summed E-state index contributed by atoms with van der Waals surface area (Å²) in [5.41, 5.74) is 11.4. The highest BCUT2D eigenvalue weighted by Crippen LogP contribution is 2.41. The lowest BCUT2D eigenvalue weighted by molar-refractivity contribution is 0.669. The van der Waals surface area contributed by atoms with Crippen LogP contribution in [0.5, 0.6) is 0 Å². The lowest BCUT2D eigenvalue weighted by Crippen LogP contribution is -1.93. The Hall–Kier alpha value is -6.06. The van der Waals surface area contributed by atoms with Crippen molar-refractivity contribution in [2.24, 2.45) is 0 Å². The van der Waals surface area contributed by atoms with Gasteiger partial charge in [-0.05, 0) is 77.9 Å². The van der Waals surface area contributed by atoms with Crippen LogP contribution in [0.25, 0.3) is 88.1 Å². The zero-order valence-corrected chi connectivity index (χ0v) is 24.3. The number of hydrogen-bond donors (Lipinski definition) is 0. The molecule has 0 bridgehead atoms. The van der Waals surface area contributed by atoms with Gasteiger partial charge in [0.15, 0.2) is 0 Å². The maximum atomic E-state index is 6.15. The molecule has 45 heavy (non-hydrogen) atoms. The summed E-state index contributed by atoms with van der Waals surface area (Å²) >= 11 is 0. The molecule has 0 amide bonds. The minimum absolute atomic E-state index is 0.908. The topological polar surface area (TPSA) is 23.0 Å². The molecule has 3 aromatic heterocycles. The number of furan rings is 1. The van der Waals surface area contributed by atoms with Crippen LogP contribution in [-0.4, -0.2) is 9.13 Å². The van der Waals surface area contributed by atoms with Crippen LogP contribution in [0, 0.1) is 0 Å². The summed E-state index contributed by atoms with van der Waals surface area (Å²) in [5, 5.41) is 7.29. The first-order valence-electron chi connectivity index (χ1n) is 15.4. The van der Waals surface area contributed by atoms with Gasteiger partial charge in [0, 0.05) is 43.7 Å². The predicted molar refractivity (Wildman–Crippen MR) is 188 cm³/mol. The Morgan fingerprint density at radius 3 is 1.87 bits per heavy atom. The molecule has 0 unspecified atom stereocenters. The Labute approximate surface area is 258 Å². The van der Waals surface area contributed by atoms with E-state index in [9.17, 15) is 0 Å². The first-order chi connectivity index (χ1) is 22.3. The Bertz CT molecular complexity index is 2760. The van der Waals surface area contributed by atoms with Crippen molar-refractivity contribution in [1.29, 1.82) is 0 Å². The van der Waals surface area contributed by atoms with Crippen LogP contribution in [0.4, 0.5) is 0 Å². The van der Waals surface area contributed by atoms with Crippen molar-refractivity contribution >= 4 is 65.6 Å². The van der Waals surface area contributed by atoms with Crippen LogP contribution in [0.2, 0.25) is 0 Å². The van der Waals surface area contributed by atoms with Crippen LogP contribution in [0.1, 0.15) is 0 Å². The Morgan fingerprint density at radius 1 is 0.356 bits per heavy atom. The van der Waals surface area contributed by atoms with Gasteiger partial charge in [-0.15, -0.1) is 0 Å². The maximum absolute atomic E-state index is 6.15. The van der Waals surface area contributed by atoms with E-state index in [1.165, 1.54) is 60.4 Å². The van der Waals surface area contributed by atoms with Crippen LogP contribution >= 0.6 is 0 Å². The van der Waals surface area contributed by atoms with Gasteiger partial charge in [0.25, 0.3) is 0 Å². The van der Waals surface area contributed by atoms with E-state index in [4.69, 9.17) is 4.42 Å². The molecule has 0 aliphatic rings. The van der Waals surface area contributed by atoms with E-state index in [0.717, 1.165) is 27.6 Å². The molecule has 3 nitrogen and oxygen atoms in total. The fourth-order valence-corrected chi connectivity index (χ4v) is 7.39. The molecule has 210 valence electrons. The van der Waals surface area contributed by atoms with Gasteiger partial charge in [0.05, 0.1) is 22.1 Å². The summed E-state index contributed by atoms with van der Waals surface area (Å²) in [4.78, 5) is 0. The first-order valence-corrected chi connectivity index (χ1v) is 15.4. The normalized spacial score (nSPS) is 12.0. The summed E-state index contributed by atoms with van der Waals surface area (Å²) in [6, 6.07) is 56.6. The number of nitrogens with zero attached hydrogens (tertiary/aromatic N) is 2. The van der Waals surface area contributed by atoms with Crippen LogP contribution in [0.15, 0.2) is 162 Å². The first kappa shape index (κ1) is 24.4. The lowest BCUT2D eigenvalue weighted by atomic mass is 9.98. The molecule has 3 heteroatoms. The molecule has 0 aliphatic carbocycles. The lowest BCUT2D eigenvalue weighted by Gasteiger charge is -2.10. The third kappa shape index (κ3) is 3.46. The molecular weight excluding hydrogens is 548 g/mol. The van der Waals surface area contributed by atoms with Gasteiger partial charge in [0.2, 0.25) is 0 Å². The summed E-state index contributed by atoms with van der Waals surface area (Å²) < 4.78 is 10.9. The number of para-hydroxylation sites is 4. The SMILES string of the molecule is c1ccc(-n2c3ccccc3c3c(-c4ccc5c(c4)c4ccccc4n5-c4ccc5oc6ccccc6c5c4)cccc32)cc1. The molecular formula is C42H26N2O. The average molecular weight is 575 g/mol. The van der Waals surface area contributed by atoms with Crippen molar-refractivity contribution in [3.63, 3.8) is 0 Å². The molecule has 0 N–H and O–H groups in total. The van der Waals surface area contributed by atoms with Gasteiger partial charge < -0.3 is 13.6 Å². The molecule has 7 aromatic carbocycles. The van der Waals surface area contributed by atoms with E-state index in [1.54, 1.807) is 0 Å². The van der Waals surface area contributed by atoms with Gasteiger partial charge in [-0.1, -0.05) is 91.0 Å². The Kier molecular flexibility index (Phi) is 5.00. The number of fused-ring (bicyclic) bond motifs is 9. The maximum Gasteiger partial charge on any atom is 0.135 e. The minimum atomic E-state index is 0.908.